The molecule has 0 unspecified atom stereocenters. The normalized spacial score (nSPS) is 10.6. The fraction of sp³-hybridized carbons (Fsp3) is 0.900. The molecule has 0 heterocycles. The lowest BCUT2D eigenvalue weighted by molar-refractivity contribution is -0.145. The zero-order chi connectivity index (χ0) is 17.9. The predicted octanol–water partition coefficient (Wildman–Crippen LogP) is 5.57. The first kappa shape index (κ1) is 22.9. The molecule has 142 valence electrons. The highest BCUT2D eigenvalue weighted by molar-refractivity contribution is 5.70. The number of rotatable bonds is 17. The van der Waals surface area contributed by atoms with Crippen molar-refractivity contribution in [2.75, 3.05) is 13.2 Å². The first-order chi connectivity index (χ1) is 11.7. The molecule has 0 radical (unpaired) electrons. The Kier molecular flexibility index (Phi) is 17.5. The molecule has 0 aromatic carbocycles. The minimum atomic E-state index is -0.184. The van der Waals surface area contributed by atoms with Crippen LogP contribution in [0.1, 0.15) is 104 Å². The van der Waals surface area contributed by atoms with Gasteiger partial charge in [-0.15, -0.1) is 0 Å². The van der Waals surface area contributed by atoms with Crippen LogP contribution in [-0.4, -0.2) is 25.2 Å². The van der Waals surface area contributed by atoms with Crippen LogP contribution >= 0.6 is 0 Å². The summed E-state index contributed by atoms with van der Waals surface area (Å²) in [5.74, 6) is -0.328. The van der Waals surface area contributed by atoms with Gasteiger partial charge in [0, 0.05) is 12.8 Å². The molecule has 0 aliphatic carbocycles. The minimum Gasteiger partial charge on any atom is -0.466 e. The number of hydrogen-bond donors (Lipinski definition) is 0. The van der Waals surface area contributed by atoms with Gasteiger partial charge in [0.05, 0.1) is 13.2 Å². The Morgan fingerprint density at radius 2 is 1.04 bits per heavy atom. The first-order valence-electron chi connectivity index (χ1n) is 10.0. The maximum Gasteiger partial charge on any atom is 0.305 e. The van der Waals surface area contributed by atoms with Crippen LogP contribution in [-0.2, 0) is 19.1 Å². The lowest BCUT2D eigenvalue weighted by Gasteiger charge is -2.05. The topological polar surface area (TPSA) is 52.6 Å². The van der Waals surface area contributed by atoms with E-state index in [1.807, 2.05) is 0 Å². The van der Waals surface area contributed by atoms with Crippen molar-refractivity contribution in [2.24, 2.45) is 0 Å². The second-order valence-corrected chi connectivity index (χ2v) is 6.41. The van der Waals surface area contributed by atoms with Gasteiger partial charge in [-0.3, -0.25) is 9.59 Å². The molecule has 0 aromatic heterocycles. The van der Waals surface area contributed by atoms with Crippen LogP contribution in [0.5, 0.6) is 0 Å². The quantitative estimate of drug-likeness (QED) is 0.256. The molecule has 0 aliphatic rings. The third kappa shape index (κ3) is 17.3. The molecule has 4 nitrogen and oxygen atoms in total. The van der Waals surface area contributed by atoms with E-state index in [-0.39, 0.29) is 11.9 Å². The molecule has 0 fully saturated rings. The molecule has 0 spiro atoms. The van der Waals surface area contributed by atoms with Crippen LogP contribution in [0.3, 0.4) is 0 Å². The van der Waals surface area contributed by atoms with Crippen molar-refractivity contribution in [1.29, 1.82) is 0 Å². The number of carbonyl (C=O) groups excluding carboxylic acids is 2. The molecule has 0 saturated heterocycles. The van der Waals surface area contributed by atoms with Gasteiger partial charge in [-0.1, -0.05) is 64.7 Å². The summed E-state index contributed by atoms with van der Waals surface area (Å²) in [6, 6.07) is 0. The Bertz CT molecular complexity index is 302. The van der Waals surface area contributed by atoms with Crippen molar-refractivity contribution in [1.82, 2.24) is 0 Å². The lowest BCUT2D eigenvalue weighted by atomic mass is 10.1. The van der Waals surface area contributed by atoms with Gasteiger partial charge in [0.2, 0.25) is 0 Å². The molecule has 0 bridgehead atoms. The van der Waals surface area contributed by atoms with Crippen molar-refractivity contribution in [2.45, 2.75) is 104 Å². The lowest BCUT2D eigenvalue weighted by Crippen LogP contribution is -2.07. The molecule has 0 saturated carbocycles. The summed E-state index contributed by atoms with van der Waals surface area (Å²) in [6.07, 6.45) is 14.9. The summed E-state index contributed by atoms with van der Waals surface area (Å²) in [7, 11) is 0. The van der Waals surface area contributed by atoms with Gasteiger partial charge >= 0.3 is 11.9 Å². The summed E-state index contributed by atoms with van der Waals surface area (Å²) >= 11 is 0. The zero-order valence-electron chi connectivity index (χ0n) is 15.9. The zero-order valence-corrected chi connectivity index (χ0v) is 15.9. The molecule has 24 heavy (non-hydrogen) atoms. The second-order valence-electron chi connectivity index (χ2n) is 6.41. The SMILES string of the molecule is CCCCCCCCCCCCOC(=O)CCCCC(=O)OCC. The molecule has 4 heteroatoms. The largest absolute Gasteiger partial charge is 0.466 e. The highest BCUT2D eigenvalue weighted by Crippen LogP contribution is 2.10. The van der Waals surface area contributed by atoms with Crippen LogP contribution in [0.4, 0.5) is 0 Å². The van der Waals surface area contributed by atoms with Crippen molar-refractivity contribution >= 4 is 11.9 Å². The van der Waals surface area contributed by atoms with E-state index in [0.717, 1.165) is 12.8 Å². The molecule has 0 aliphatic heterocycles. The van der Waals surface area contributed by atoms with Crippen molar-refractivity contribution in [3.63, 3.8) is 0 Å². The summed E-state index contributed by atoms with van der Waals surface area (Å²) in [4.78, 5) is 22.7. The minimum absolute atomic E-state index is 0.144. The third-order valence-corrected chi connectivity index (χ3v) is 4.08. The fourth-order valence-electron chi connectivity index (χ4n) is 2.62. The molecular formula is C20H38O4. The van der Waals surface area contributed by atoms with Crippen LogP contribution in [0.25, 0.3) is 0 Å². The van der Waals surface area contributed by atoms with E-state index in [1.165, 1.54) is 51.4 Å². The van der Waals surface area contributed by atoms with Gasteiger partial charge in [0.1, 0.15) is 0 Å². The Morgan fingerprint density at radius 1 is 0.583 bits per heavy atom. The Morgan fingerprint density at radius 3 is 1.54 bits per heavy atom. The average molecular weight is 343 g/mol. The van der Waals surface area contributed by atoms with Gasteiger partial charge in [0.25, 0.3) is 0 Å². The van der Waals surface area contributed by atoms with Gasteiger partial charge in [-0.05, 0) is 26.2 Å². The summed E-state index contributed by atoms with van der Waals surface area (Å²) in [5, 5.41) is 0. The van der Waals surface area contributed by atoms with Gasteiger partial charge in [-0.2, -0.15) is 0 Å². The van der Waals surface area contributed by atoms with Crippen molar-refractivity contribution < 1.29 is 19.1 Å². The smallest absolute Gasteiger partial charge is 0.305 e. The third-order valence-electron chi connectivity index (χ3n) is 4.08. The van der Waals surface area contributed by atoms with Crippen molar-refractivity contribution in [3.05, 3.63) is 0 Å². The van der Waals surface area contributed by atoms with E-state index in [0.29, 0.717) is 38.9 Å². The highest BCUT2D eigenvalue weighted by atomic mass is 16.5. The summed E-state index contributed by atoms with van der Waals surface area (Å²) in [5.41, 5.74) is 0. The maximum atomic E-state index is 11.5. The second kappa shape index (κ2) is 18.3. The number of esters is 2. The Hall–Kier alpha value is -1.06. The van der Waals surface area contributed by atoms with E-state index in [9.17, 15) is 9.59 Å². The molecule has 0 aromatic rings. The number of carbonyl (C=O) groups is 2. The Balaban J connectivity index is 3.22. The Labute approximate surface area is 148 Å². The van der Waals surface area contributed by atoms with Crippen LogP contribution in [0.15, 0.2) is 0 Å². The van der Waals surface area contributed by atoms with E-state index in [4.69, 9.17) is 9.47 Å². The molecular weight excluding hydrogens is 304 g/mol. The number of ether oxygens (including phenoxy) is 2. The molecule has 0 rings (SSSR count). The van der Waals surface area contributed by atoms with E-state index in [1.54, 1.807) is 6.92 Å². The van der Waals surface area contributed by atoms with Gasteiger partial charge in [0.15, 0.2) is 0 Å². The van der Waals surface area contributed by atoms with E-state index < -0.39 is 0 Å². The monoisotopic (exact) mass is 342 g/mol. The molecule has 0 atom stereocenters. The number of hydrogen-bond acceptors (Lipinski definition) is 4. The maximum absolute atomic E-state index is 11.5. The summed E-state index contributed by atoms with van der Waals surface area (Å²) < 4.78 is 10.1. The summed E-state index contributed by atoms with van der Waals surface area (Å²) in [6.45, 7) is 4.99. The standard InChI is InChI=1S/C20H38O4/c1-3-5-6-7-8-9-10-11-12-15-18-24-20(22)17-14-13-16-19(21)23-4-2/h3-18H2,1-2H3. The number of unbranched alkanes of at least 4 members (excludes halogenated alkanes) is 10. The molecule has 0 N–H and O–H groups in total. The first-order valence-corrected chi connectivity index (χ1v) is 10.0. The molecule has 0 amide bonds. The van der Waals surface area contributed by atoms with Gasteiger partial charge < -0.3 is 9.47 Å². The van der Waals surface area contributed by atoms with Crippen LogP contribution in [0.2, 0.25) is 0 Å². The van der Waals surface area contributed by atoms with Crippen LogP contribution < -0.4 is 0 Å². The van der Waals surface area contributed by atoms with Gasteiger partial charge in [-0.25, -0.2) is 0 Å². The average Bonchev–Trinajstić information content (AvgIpc) is 2.57. The highest BCUT2D eigenvalue weighted by Gasteiger charge is 2.05. The van der Waals surface area contributed by atoms with E-state index >= 15 is 0 Å². The van der Waals surface area contributed by atoms with E-state index in [2.05, 4.69) is 6.92 Å². The predicted molar refractivity (Wildman–Crippen MR) is 97.9 cm³/mol. The fourth-order valence-corrected chi connectivity index (χ4v) is 2.62. The van der Waals surface area contributed by atoms with Crippen LogP contribution in [0, 0.1) is 0 Å². The van der Waals surface area contributed by atoms with Crippen molar-refractivity contribution in [3.8, 4) is 0 Å².